The smallest absolute Gasteiger partial charge is 0.178 e. The summed E-state index contributed by atoms with van der Waals surface area (Å²) in [4.78, 5) is 3.28. The zero-order chi connectivity index (χ0) is 12.7. The summed E-state index contributed by atoms with van der Waals surface area (Å²) in [6, 6.07) is 6.60. The van der Waals surface area contributed by atoms with Crippen LogP contribution in [0, 0.1) is 10.7 Å². The maximum atomic E-state index is 5.48. The standard InChI is InChI=1S/C13H15BrN2OS/c1-8(9-4-5-17-7-9)16-12-3-2-10(14)6-11(12)15-13(16)18/h2-3,6,8-9H,4-5,7H2,1H3,(H,15,18). The summed E-state index contributed by atoms with van der Waals surface area (Å²) in [5.74, 6) is 0.555. The van der Waals surface area contributed by atoms with Gasteiger partial charge in [0.05, 0.1) is 17.6 Å². The lowest BCUT2D eigenvalue weighted by atomic mass is 10.0. The number of imidazole rings is 1. The largest absolute Gasteiger partial charge is 0.381 e. The molecule has 0 saturated carbocycles. The molecule has 1 aromatic carbocycles. The van der Waals surface area contributed by atoms with E-state index in [1.807, 2.05) is 0 Å². The number of H-pyrrole nitrogens is 1. The number of benzene rings is 1. The minimum atomic E-state index is 0.370. The molecule has 2 aromatic rings. The molecule has 1 aliphatic rings. The van der Waals surface area contributed by atoms with E-state index in [0.717, 1.165) is 34.4 Å². The molecule has 96 valence electrons. The summed E-state index contributed by atoms with van der Waals surface area (Å²) in [6.45, 7) is 3.94. The Labute approximate surface area is 119 Å². The van der Waals surface area contributed by atoms with Gasteiger partial charge in [-0.15, -0.1) is 0 Å². The first-order chi connectivity index (χ1) is 8.66. The van der Waals surface area contributed by atoms with Crippen LogP contribution in [0.5, 0.6) is 0 Å². The maximum absolute atomic E-state index is 5.48. The van der Waals surface area contributed by atoms with Crippen LogP contribution in [0.2, 0.25) is 0 Å². The fraction of sp³-hybridized carbons (Fsp3) is 0.462. The number of hydrogen-bond acceptors (Lipinski definition) is 2. The highest BCUT2D eigenvalue weighted by Gasteiger charge is 2.25. The monoisotopic (exact) mass is 326 g/mol. The number of hydrogen-bond donors (Lipinski definition) is 1. The molecule has 1 aliphatic heterocycles. The van der Waals surface area contributed by atoms with Crippen LogP contribution in [-0.2, 0) is 4.74 Å². The van der Waals surface area contributed by atoms with E-state index in [4.69, 9.17) is 17.0 Å². The fourth-order valence-corrected chi connectivity index (χ4v) is 3.39. The molecule has 1 N–H and O–H groups in total. The Morgan fingerprint density at radius 1 is 1.56 bits per heavy atom. The average molecular weight is 327 g/mol. The van der Waals surface area contributed by atoms with Crippen LogP contribution in [0.1, 0.15) is 19.4 Å². The van der Waals surface area contributed by atoms with E-state index in [1.165, 1.54) is 5.52 Å². The van der Waals surface area contributed by atoms with E-state index in [-0.39, 0.29) is 0 Å². The molecule has 2 atom stereocenters. The molecule has 1 saturated heterocycles. The van der Waals surface area contributed by atoms with Crippen molar-refractivity contribution in [2.24, 2.45) is 5.92 Å². The molecule has 18 heavy (non-hydrogen) atoms. The molecular weight excluding hydrogens is 312 g/mol. The minimum Gasteiger partial charge on any atom is -0.381 e. The van der Waals surface area contributed by atoms with E-state index in [0.29, 0.717) is 12.0 Å². The van der Waals surface area contributed by atoms with Gasteiger partial charge in [0.25, 0.3) is 0 Å². The molecular formula is C13H15BrN2OS. The zero-order valence-corrected chi connectivity index (χ0v) is 12.6. The lowest BCUT2D eigenvalue weighted by Gasteiger charge is -2.20. The molecule has 2 unspecified atom stereocenters. The topological polar surface area (TPSA) is 29.9 Å². The summed E-state index contributed by atoms with van der Waals surface area (Å²) in [6.07, 6.45) is 1.12. The maximum Gasteiger partial charge on any atom is 0.178 e. The number of nitrogens with one attached hydrogen (secondary N) is 1. The zero-order valence-electron chi connectivity index (χ0n) is 10.1. The molecule has 0 bridgehead atoms. The Morgan fingerprint density at radius 2 is 2.39 bits per heavy atom. The summed E-state index contributed by atoms with van der Waals surface area (Å²) < 4.78 is 9.56. The van der Waals surface area contributed by atoms with Crippen molar-refractivity contribution in [3.05, 3.63) is 27.4 Å². The van der Waals surface area contributed by atoms with Crippen LogP contribution in [0.4, 0.5) is 0 Å². The first-order valence-electron chi connectivity index (χ1n) is 6.14. The third kappa shape index (κ3) is 2.04. The molecule has 1 fully saturated rings. The number of nitrogens with zero attached hydrogens (tertiary/aromatic N) is 1. The van der Waals surface area contributed by atoms with Gasteiger partial charge in [-0.3, -0.25) is 0 Å². The molecule has 0 aliphatic carbocycles. The van der Waals surface area contributed by atoms with Gasteiger partial charge in [-0.05, 0) is 43.8 Å². The first-order valence-corrected chi connectivity index (χ1v) is 7.34. The first kappa shape index (κ1) is 12.4. The van der Waals surface area contributed by atoms with Crippen LogP contribution in [-0.4, -0.2) is 22.8 Å². The van der Waals surface area contributed by atoms with Crippen molar-refractivity contribution < 1.29 is 4.74 Å². The third-order valence-electron chi connectivity index (χ3n) is 3.73. The fourth-order valence-electron chi connectivity index (χ4n) is 2.65. The van der Waals surface area contributed by atoms with Crippen molar-refractivity contribution in [3.8, 4) is 0 Å². The Balaban J connectivity index is 2.10. The summed E-state index contributed by atoms with van der Waals surface area (Å²) in [5, 5.41) is 0. The predicted molar refractivity (Wildman–Crippen MR) is 78.5 cm³/mol. The van der Waals surface area contributed by atoms with Crippen molar-refractivity contribution in [1.82, 2.24) is 9.55 Å². The van der Waals surface area contributed by atoms with E-state index in [1.54, 1.807) is 0 Å². The highest BCUT2D eigenvalue weighted by Crippen LogP contribution is 2.30. The predicted octanol–water partition coefficient (Wildman–Crippen LogP) is 4.06. The van der Waals surface area contributed by atoms with Crippen molar-refractivity contribution in [1.29, 1.82) is 0 Å². The molecule has 3 nitrogen and oxygen atoms in total. The van der Waals surface area contributed by atoms with Gasteiger partial charge in [-0.1, -0.05) is 15.9 Å². The molecule has 5 heteroatoms. The van der Waals surface area contributed by atoms with Gasteiger partial charge in [0.1, 0.15) is 0 Å². The van der Waals surface area contributed by atoms with Crippen LogP contribution >= 0.6 is 28.1 Å². The molecule has 3 rings (SSSR count). The lowest BCUT2D eigenvalue weighted by Crippen LogP contribution is -2.16. The Kier molecular flexibility index (Phi) is 3.30. The van der Waals surface area contributed by atoms with Crippen LogP contribution in [0.3, 0.4) is 0 Å². The molecule has 0 amide bonds. The number of ether oxygens (including phenoxy) is 1. The molecule has 0 spiro atoms. The Morgan fingerprint density at radius 3 is 3.11 bits per heavy atom. The van der Waals surface area contributed by atoms with E-state index >= 15 is 0 Å². The highest BCUT2D eigenvalue weighted by atomic mass is 79.9. The second kappa shape index (κ2) is 4.79. The second-order valence-electron chi connectivity index (χ2n) is 4.83. The number of fused-ring (bicyclic) bond motifs is 1. The number of aromatic nitrogens is 2. The van der Waals surface area contributed by atoms with Crippen molar-refractivity contribution in [2.45, 2.75) is 19.4 Å². The van der Waals surface area contributed by atoms with E-state index in [9.17, 15) is 0 Å². The van der Waals surface area contributed by atoms with Gasteiger partial charge in [0.15, 0.2) is 4.77 Å². The highest BCUT2D eigenvalue weighted by molar-refractivity contribution is 9.10. The minimum absolute atomic E-state index is 0.370. The Hall–Kier alpha value is -0.650. The molecule has 2 heterocycles. The van der Waals surface area contributed by atoms with Gasteiger partial charge < -0.3 is 14.3 Å². The second-order valence-corrected chi connectivity index (χ2v) is 6.13. The van der Waals surface area contributed by atoms with E-state index in [2.05, 4.69) is 50.6 Å². The van der Waals surface area contributed by atoms with E-state index < -0.39 is 0 Å². The molecule has 1 aromatic heterocycles. The van der Waals surface area contributed by atoms with Crippen LogP contribution in [0.25, 0.3) is 11.0 Å². The summed E-state index contributed by atoms with van der Waals surface area (Å²) in [7, 11) is 0. The Bertz CT molecular complexity index is 627. The van der Waals surface area contributed by atoms with Gasteiger partial charge in [-0.25, -0.2) is 0 Å². The van der Waals surface area contributed by atoms with Crippen LogP contribution < -0.4 is 0 Å². The molecule has 0 radical (unpaired) electrons. The summed E-state index contributed by atoms with van der Waals surface area (Å²) >= 11 is 8.95. The lowest BCUT2D eigenvalue weighted by molar-refractivity contribution is 0.175. The quantitative estimate of drug-likeness (QED) is 0.843. The number of halogens is 1. The van der Waals surface area contributed by atoms with Crippen molar-refractivity contribution >= 4 is 39.2 Å². The van der Waals surface area contributed by atoms with Gasteiger partial charge in [0, 0.05) is 23.0 Å². The van der Waals surface area contributed by atoms with Gasteiger partial charge in [-0.2, -0.15) is 0 Å². The van der Waals surface area contributed by atoms with Gasteiger partial charge >= 0.3 is 0 Å². The third-order valence-corrected chi connectivity index (χ3v) is 4.52. The summed E-state index contributed by atoms with van der Waals surface area (Å²) in [5.41, 5.74) is 2.25. The normalized spacial score (nSPS) is 21.6. The van der Waals surface area contributed by atoms with Gasteiger partial charge in [0.2, 0.25) is 0 Å². The van der Waals surface area contributed by atoms with Crippen molar-refractivity contribution in [3.63, 3.8) is 0 Å². The number of rotatable bonds is 2. The number of aromatic amines is 1. The SMILES string of the molecule is CC(C1CCOC1)n1c(=S)[nH]c2cc(Br)ccc21. The van der Waals surface area contributed by atoms with Crippen LogP contribution in [0.15, 0.2) is 22.7 Å². The van der Waals surface area contributed by atoms with Crippen molar-refractivity contribution in [2.75, 3.05) is 13.2 Å². The average Bonchev–Trinajstić information content (AvgIpc) is 2.94.